The van der Waals surface area contributed by atoms with Crippen LogP contribution in [0.15, 0.2) is 30.5 Å². The summed E-state index contributed by atoms with van der Waals surface area (Å²) < 4.78 is 14.0. The second-order valence-electron chi connectivity index (χ2n) is 5.40. The van der Waals surface area contributed by atoms with Gasteiger partial charge >= 0.3 is 6.09 Å². The molecule has 1 fully saturated rings. The van der Waals surface area contributed by atoms with Crippen LogP contribution in [0.3, 0.4) is 0 Å². The number of likely N-dealkylation sites (tertiary alicyclic amines) is 1. The molecule has 22 heavy (non-hydrogen) atoms. The summed E-state index contributed by atoms with van der Waals surface area (Å²) in [5, 5.41) is 9.27. The summed E-state index contributed by atoms with van der Waals surface area (Å²) in [5.74, 6) is 0.319. The van der Waals surface area contributed by atoms with Gasteiger partial charge in [0.05, 0.1) is 24.6 Å². The van der Waals surface area contributed by atoms with Crippen LogP contribution >= 0.6 is 22.6 Å². The molecule has 1 amide bonds. The van der Waals surface area contributed by atoms with Gasteiger partial charge in [-0.1, -0.05) is 12.1 Å². The van der Waals surface area contributed by atoms with Gasteiger partial charge in [-0.2, -0.15) is 0 Å². The maximum atomic E-state index is 12.9. The Kier molecular flexibility index (Phi) is 4.32. The van der Waals surface area contributed by atoms with Crippen molar-refractivity contribution >= 4 is 28.7 Å². The van der Waals surface area contributed by atoms with Crippen molar-refractivity contribution < 1.29 is 14.3 Å². The molecule has 1 aromatic carbocycles. The van der Waals surface area contributed by atoms with Crippen molar-refractivity contribution in [1.82, 2.24) is 14.9 Å². The molecule has 2 aromatic rings. The molecule has 2 unspecified atom stereocenters. The number of carboxylic acid groups (broad SMARTS) is 1. The van der Waals surface area contributed by atoms with Crippen LogP contribution in [0.25, 0.3) is 11.3 Å². The maximum Gasteiger partial charge on any atom is 0.407 e. The predicted molar refractivity (Wildman–Crippen MR) is 88.3 cm³/mol. The van der Waals surface area contributed by atoms with Crippen LogP contribution in [0.4, 0.5) is 9.18 Å². The van der Waals surface area contributed by atoms with Gasteiger partial charge in [0.2, 0.25) is 0 Å². The smallest absolute Gasteiger partial charge is 0.407 e. The quantitative estimate of drug-likeness (QED) is 0.752. The lowest BCUT2D eigenvalue weighted by atomic mass is 10.1. The minimum absolute atomic E-state index is 0.218. The van der Waals surface area contributed by atoms with Crippen molar-refractivity contribution in [2.24, 2.45) is 5.92 Å². The molecule has 3 rings (SSSR count). The van der Waals surface area contributed by atoms with Crippen LogP contribution in [-0.2, 0) is 0 Å². The second kappa shape index (κ2) is 6.23. The van der Waals surface area contributed by atoms with E-state index >= 15 is 0 Å². The first-order valence-electron chi connectivity index (χ1n) is 6.95. The zero-order valence-corrected chi connectivity index (χ0v) is 13.8. The van der Waals surface area contributed by atoms with Crippen LogP contribution in [-0.4, -0.2) is 39.3 Å². The first-order chi connectivity index (χ1) is 10.6. The molecule has 1 aliphatic rings. The average Bonchev–Trinajstić information content (AvgIpc) is 3.14. The SMILES string of the molecule is O=C(O)N1CC(CF)CC1c1ncc(-c2ccc(I)cc2)[nH]1. The number of rotatable bonds is 3. The number of hydrogen-bond acceptors (Lipinski definition) is 2. The first kappa shape index (κ1) is 15.3. The topological polar surface area (TPSA) is 69.2 Å². The fourth-order valence-electron chi connectivity index (χ4n) is 2.79. The summed E-state index contributed by atoms with van der Waals surface area (Å²) in [7, 11) is 0. The number of nitrogens with one attached hydrogen (secondary N) is 1. The third-order valence-electron chi connectivity index (χ3n) is 3.92. The van der Waals surface area contributed by atoms with Crippen molar-refractivity contribution in [1.29, 1.82) is 0 Å². The maximum absolute atomic E-state index is 12.9. The summed E-state index contributed by atoms with van der Waals surface area (Å²) >= 11 is 2.23. The molecule has 2 N–H and O–H groups in total. The number of benzene rings is 1. The van der Waals surface area contributed by atoms with Crippen molar-refractivity contribution in [2.45, 2.75) is 12.5 Å². The Balaban J connectivity index is 1.86. The van der Waals surface area contributed by atoms with E-state index in [0.717, 1.165) is 14.8 Å². The summed E-state index contributed by atoms with van der Waals surface area (Å²) in [6, 6.07) is 7.54. The monoisotopic (exact) mass is 415 g/mol. The third-order valence-corrected chi connectivity index (χ3v) is 4.64. The van der Waals surface area contributed by atoms with Crippen molar-refractivity contribution in [2.75, 3.05) is 13.2 Å². The lowest BCUT2D eigenvalue weighted by Crippen LogP contribution is -2.30. The van der Waals surface area contributed by atoms with Crippen LogP contribution in [0, 0.1) is 9.49 Å². The van der Waals surface area contributed by atoms with Crippen LogP contribution in [0.2, 0.25) is 0 Å². The lowest BCUT2D eigenvalue weighted by Gasteiger charge is -2.19. The molecule has 5 nitrogen and oxygen atoms in total. The molecule has 2 atom stereocenters. The van der Waals surface area contributed by atoms with Gasteiger partial charge in [-0.05, 0) is 46.7 Å². The molecule has 1 aromatic heterocycles. The van der Waals surface area contributed by atoms with Gasteiger partial charge in [-0.3, -0.25) is 9.29 Å². The highest BCUT2D eigenvalue weighted by Gasteiger charge is 2.37. The van der Waals surface area contributed by atoms with E-state index in [1.54, 1.807) is 6.20 Å². The average molecular weight is 415 g/mol. The highest BCUT2D eigenvalue weighted by molar-refractivity contribution is 14.1. The molecule has 116 valence electrons. The molecule has 0 bridgehead atoms. The summed E-state index contributed by atoms with van der Waals surface area (Å²) in [5.41, 5.74) is 1.82. The van der Waals surface area contributed by atoms with Gasteiger partial charge in [-0.25, -0.2) is 9.78 Å². The molecular weight excluding hydrogens is 400 g/mol. The number of alkyl halides is 1. The largest absolute Gasteiger partial charge is 0.465 e. The van der Waals surface area contributed by atoms with Crippen molar-refractivity contribution in [3.8, 4) is 11.3 Å². The first-order valence-corrected chi connectivity index (χ1v) is 8.02. The molecule has 0 spiro atoms. The van der Waals surface area contributed by atoms with Gasteiger partial charge in [0.1, 0.15) is 5.82 Å². The predicted octanol–water partition coefficient (Wildman–Crippen LogP) is 3.69. The number of carbonyl (C=O) groups is 1. The zero-order valence-electron chi connectivity index (χ0n) is 11.7. The Morgan fingerprint density at radius 1 is 1.45 bits per heavy atom. The van der Waals surface area contributed by atoms with E-state index in [-0.39, 0.29) is 12.5 Å². The number of H-pyrrole nitrogens is 1. The van der Waals surface area contributed by atoms with E-state index in [0.29, 0.717) is 12.2 Å². The Bertz CT molecular complexity index is 674. The minimum Gasteiger partial charge on any atom is -0.465 e. The van der Waals surface area contributed by atoms with E-state index in [1.165, 1.54) is 4.90 Å². The molecule has 1 aliphatic heterocycles. The summed E-state index contributed by atoms with van der Waals surface area (Å²) in [6.07, 6.45) is 1.12. The number of imidazole rings is 1. The number of aromatic amines is 1. The highest BCUT2D eigenvalue weighted by Crippen LogP contribution is 2.35. The molecule has 0 saturated carbocycles. The van der Waals surface area contributed by atoms with E-state index in [1.807, 2.05) is 24.3 Å². The third kappa shape index (κ3) is 2.94. The summed E-state index contributed by atoms with van der Waals surface area (Å²) in [6.45, 7) is -0.291. The van der Waals surface area contributed by atoms with Crippen LogP contribution in [0.5, 0.6) is 0 Å². The van der Waals surface area contributed by atoms with Gasteiger partial charge in [-0.15, -0.1) is 0 Å². The van der Waals surface area contributed by atoms with Gasteiger partial charge in [0.15, 0.2) is 0 Å². The Labute approximate surface area is 140 Å². The van der Waals surface area contributed by atoms with Crippen LogP contribution < -0.4 is 0 Å². The fourth-order valence-corrected chi connectivity index (χ4v) is 3.15. The normalized spacial score (nSPS) is 21.3. The second-order valence-corrected chi connectivity index (χ2v) is 6.64. The number of amides is 1. The van der Waals surface area contributed by atoms with Gasteiger partial charge in [0.25, 0.3) is 0 Å². The molecule has 0 aliphatic carbocycles. The fraction of sp³-hybridized carbons (Fsp3) is 0.333. The number of hydrogen-bond donors (Lipinski definition) is 2. The number of halogens is 2. The number of aromatic nitrogens is 2. The molecule has 7 heteroatoms. The molecular formula is C15H15FIN3O2. The van der Waals surface area contributed by atoms with Crippen molar-refractivity contribution in [3.05, 3.63) is 39.9 Å². The zero-order chi connectivity index (χ0) is 15.7. The van der Waals surface area contributed by atoms with Gasteiger partial charge in [0, 0.05) is 16.0 Å². The lowest BCUT2D eigenvalue weighted by molar-refractivity contribution is 0.137. The number of nitrogens with zero attached hydrogens (tertiary/aromatic N) is 2. The van der Waals surface area contributed by atoms with E-state index in [4.69, 9.17) is 0 Å². The van der Waals surface area contributed by atoms with E-state index < -0.39 is 18.8 Å². The standard InChI is InChI=1S/C15H15FIN3O2/c16-6-9-5-13(20(8-9)15(21)22)14-18-7-12(19-14)10-1-3-11(17)4-2-10/h1-4,7,9,13H,5-6,8H2,(H,18,19)(H,21,22). The molecule has 0 radical (unpaired) electrons. The molecule has 2 heterocycles. The molecule has 1 saturated heterocycles. The van der Waals surface area contributed by atoms with Crippen LogP contribution in [0.1, 0.15) is 18.3 Å². The minimum atomic E-state index is -1.03. The highest BCUT2D eigenvalue weighted by atomic mass is 127. The summed E-state index contributed by atoms with van der Waals surface area (Å²) in [4.78, 5) is 20.1. The van der Waals surface area contributed by atoms with E-state index in [2.05, 4.69) is 32.6 Å². The Hall–Kier alpha value is -1.64. The Morgan fingerprint density at radius 3 is 2.82 bits per heavy atom. The van der Waals surface area contributed by atoms with Gasteiger partial charge < -0.3 is 10.1 Å². The van der Waals surface area contributed by atoms with E-state index in [9.17, 15) is 14.3 Å². The Morgan fingerprint density at radius 2 is 2.18 bits per heavy atom. The van der Waals surface area contributed by atoms with Crippen molar-refractivity contribution in [3.63, 3.8) is 0 Å².